The van der Waals surface area contributed by atoms with E-state index in [-0.39, 0.29) is 0 Å². The van der Waals surface area contributed by atoms with Crippen LogP contribution in [0.1, 0.15) is 68.7 Å². The zero-order valence-corrected chi connectivity index (χ0v) is 11.3. The normalized spacial score (nSPS) is 6.62. The molecule has 0 amide bonds. The Balaban J connectivity index is -0.0000000457. The molecule has 0 heterocycles. The van der Waals surface area contributed by atoms with Crippen molar-refractivity contribution in [3.8, 4) is 0 Å². The van der Waals surface area contributed by atoms with Crippen molar-refractivity contribution in [2.75, 3.05) is 0 Å². The maximum absolute atomic E-state index is 6.50. The monoisotopic (exact) mass is 189 g/mol. The van der Waals surface area contributed by atoms with Gasteiger partial charge in [-0.15, -0.1) is 0 Å². The third kappa shape index (κ3) is 391. The first-order valence-corrected chi connectivity index (χ1v) is 5.52. The maximum Gasteiger partial charge on any atom is 0.00272 e. The Kier molecular flexibility index (Phi) is 52.7. The summed E-state index contributed by atoms with van der Waals surface area (Å²) in [5.74, 6) is 0.884. The van der Waals surface area contributed by atoms with Gasteiger partial charge in [-0.3, -0.25) is 0 Å². The molecule has 0 aromatic rings. The van der Waals surface area contributed by atoms with E-state index in [4.69, 9.17) is 5.41 Å². The molecule has 0 saturated carbocycles. The van der Waals surface area contributed by atoms with Crippen molar-refractivity contribution in [3.05, 3.63) is 0 Å². The average Bonchev–Trinajstić information content (AvgIpc) is 2.10. The van der Waals surface area contributed by atoms with Crippen LogP contribution in [0.4, 0.5) is 0 Å². The summed E-state index contributed by atoms with van der Waals surface area (Å²) in [5, 5.41) is 6.50. The van der Waals surface area contributed by atoms with Crippen LogP contribution < -0.4 is 0 Å². The SMILES string of the molecule is CC.CC.CC(C)=N.CCC(C)C. The van der Waals surface area contributed by atoms with E-state index in [0.717, 1.165) is 5.92 Å². The molecule has 0 bridgehead atoms. The summed E-state index contributed by atoms with van der Waals surface area (Å²) >= 11 is 0. The summed E-state index contributed by atoms with van der Waals surface area (Å²) in [5.41, 5.74) is 0.667. The van der Waals surface area contributed by atoms with Crippen molar-refractivity contribution < 1.29 is 0 Å². The molecule has 1 N–H and O–H groups in total. The van der Waals surface area contributed by atoms with E-state index in [1.54, 1.807) is 13.8 Å². The third-order valence-electron chi connectivity index (χ3n) is 0.816. The minimum atomic E-state index is 0.667. The fourth-order valence-corrected chi connectivity index (χ4v) is 0. The first kappa shape index (κ1) is 23.0. The molecule has 0 saturated heterocycles. The van der Waals surface area contributed by atoms with E-state index in [9.17, 15) is 0 Å². The zero-order chi connectivity index (χ0) is 11.9. The van der Waals surface area contributed by atoms with E-state index >= 15 is 0 Å². The van der Waals surface area contributed by atoms with Crippen molar-refractivity contribution in [2.24, 2.45) is 5.92 Å². The fourth-order valence-electron chi connectivity index (χ4n) is 0. The summed E-state index contributed by atoms with van der Waals surface area (Å²) in [6.45, 7) is 18.1. The van der Waals surface area contributed by atoms with Crippen LogP contribution in [0.3, 0.4) is 0 Å². The molecular formula is C12H31N. The van der Waals surface area contributed by atoms with Crippen LogP contribution >= 0.6 is 0 Å². The summed E-state index contributed by atoms with van der Waals surface area (Å²) in [6, 6.07) is 0. The van der Waals surface area contributed by atoms with Gasteiger partial charge in [0.2, 0.25) is 0 Å². The van der Waals surface area contributed by atoms with Gasteiger partial charge in [0.05, 0.1) is 0 Å². The Morgan fingerprint density at radius 1 is 1.00 bits per heavy atom. The van der Waals surface area contributed by atoms with Gasteiger partial charge in [-0.2, -0.15) is 0 Å². The summed E-state index contributed by atoms with van der Waals surface area (Å²) < 4.78 is 0. The molecule has 0 atom stereocenters. The first-order chi connectivity index (χ1) is 6.00. The molecule has 0 aliphatic heterocycles. The molecule has 0 rings (SSSR count). The smallest absolute Gasteiger partial charge is 0.00272 e. The molecule has 84 valence electrons. The minimum Gasteiger partial charge on any atom is -0.310 e. The van der Waals surface area contributed by atoms with Gasteiger partial charge >= 0.3 is 0 Å². The summed E-state index contributed by atoms with van der Waals surface area (Å²) in [6.07, 6.45) is 1.31. The molecule has 0 aromatic carbocycles. The Morgan fingerprint density at radius 3 is 1.08 bits per heavy atom. The average molecular weight is 189 g/mol. The molecule has 0 spiro atoms. The van der Waals surface area contributed by atoms with Gasteiger partial charge < -0.3 is 5.41 Å². The Hall–Kier alpha value is -0.330. The van der Waals surface area contributed by atoms with Crippen LogP contribution in [-0.4, -0.2) is 5.71 Å². The van der Waals surface area contributed by atoms with Gasteiger partial charge in [-0.25, -0.2) is 0 Å². The minimum absolute atomic E-state index is 0.667. The van der Waals surface area contributed by atoms with Crippen LogP contribution in [0.5, 0.6) is 0 Å². The molecule has 1 nitrogen and oxygen atoms in total. The Bertz CT molecular complexity index is 61.5. The van der Waals surface area contributed by atoms with E-state index in [2.05, 4.69) is 20.8 Å². The van der Waals surface area contributed by atoms with Crippen molar-refractivity contribution in [2.45, 2.75) is 68.7 Å². The molecular weight excluding hydrogens is 158 g/mol. The second-order valence-electron chi connectivity index (χ2n) is 2.80. The number of hydrogen-bond acceptors (Lipinski definition) is 1. The van der Waals surface area contributed by atoms with Gasteiger partial charge in [0.25, 0.3) is 0 Å². The predicted molar refractivity (Wildman–Crippen MR) is 66.9 cm³/mol. The van der Waals surface area contributed by atoms with Crippen LogP contribution in [-0.2, 0) is 0 Å². The van der Waals surface area contributed by atoms with Gasteiger partial charge in [0.15, 0.2) is 0 Å². The lowest BCUT2D eigenvalue weighted by molar-refractivity contribution is 0.626. The summed E-state index contributed by atoms with van der Waals surface area (Å²) in [7, 11) is 0. The lowest BCUT2D eigenvalue weighted by Gasteiger charge is -1.90. The molecule has 0 aliphatic carbocycles. The Morgan fingerprint density at radius 2 is 1.08 bits per heavy atom. The van der Waals surface area contributed by atoms with E-state index in [1.807, 2.05) is 27.7 Å². The van der Waals surface area contributed by atoms with Gasteiger partial charge in [-0.1, -0.05) is 54.9 Å². The molecule has 0 radical (unpaired) electrons. The van der Waals surface area contributed by atoms with Crippen LogP contribution in [0.2, 0.25) is 0 Å². The largest absolute Gasteiger partial charge is 0.310 e. The highest BCUT2D eigenvalue weighted by atomic mass is 14.3. The van der Waals surface area contributed by atoms with Gasteiger partial charge in [0.1, 0.15) is 0 Å². The van der Waals surface area contributed by atoms with E-state index < -0.39 is 0 Å². The molecule has 0 unspecified atom stereocenters. The standard InChI is InChI=1S/C5H12.C3H7N.2C2H6/c1-4-5(2)3;1-3(2)4;2*1-2/h5H,4H2,1-3H3;4H,1-2H3;2*1-2H3. The number of rotatable bonds is 1. The van der Waals surface area contributed by atoms with Crippen molar-refractivity contribution in [3.63, 3.8) is 0 Å². The quantitative estimate of drug-likeness (QED) is 0.552. The van der Waals surface area contributed by atoms with Crippen molar-refractivity contribution in [1.82, 2.24) is 0 Å². The zero-order valence-electron chi connectivity index (χ0n) is 11.3. The van der Waals surface area contributed by atoms with Gasteiger partial charge in [0, 0.05) is 5.71 Å². The third-order valence-corrected chi connectivity index (χ3v) is 0.816. The predicted octanol–water partition coefficient (Wildman–Crippen LogP) is 5.15. The molecule has 1 heteroatoms. The molecule has 0 aromatic heterocycles. The van der Waals surface area contributed by atoms with Crippen LogP contribution in [0.15, 0.2) is 0 Å². The molecule has 0 fully saturated rings. The van der Waals surface area contributed by atoms with Crippen LogP contribution in [0, 0.1) is 11.3 Å². The van der Waals surface area contributed by atoms with E-state index in [1.165, 1.54) is 6.42 Å². The fraction of sp³-hybridized carbons (Fsp3) is 0.917. The second kappa shape index (κ2) is 29.9. The highest BCUT2D eigenvalue weighted by Crippen LogP contribution is 1.93. The van der Waals surface area contributed by atoms with E-state index in [0.29, 0.717) is 5.71 Å². The highest BCUT2D eigenvalue weighted by Gasteiger charge is 1.80. The van der Waals surface area contributed by atoms with Crippen molar-refractivity contribution >= 4 is 5.71 Å². The summed E-state index contributed by atoms with van der Waals surface area (Å²) in [4.78, 5) is 0. The first-order valence-electron chi connectivity index (χ1n) is 5.52. The lowest BCUT2D eigenvalue weighted by Crippen LogP contribution is -1.77. The molecule has 0 aliphatic rings. The topological polar surface area (TPSA) is 23.9 Å². The number of hydrogen-bond donors (Lipinski definition) is 1. The molecule has 13 heavy (non-hydrogen) atoms. The Labute approximate surface area is 86.5 Å². The maximum atomic E-state index is 6.50. The van der Waals surface area contributed by atoms with Gasteiger partial charge in [-0.05, 0) is 19.8 Å². The lowest BCUT2D eigenvalue weighted by atomic mass is 10.2. The van der Waals surface area contributed by atoms with Crippen LogP contribution in [0.25, 0.3) is 0 Å². The second-order valence-corrected chi connectivity index (χ2v) is 2.80. The number of nitrogens with one attached hydrogen (secondary N) is 1. The highest BCUT2D eigenvalue weighted by molar-refractivity contribution is 5.75. The van der Waals surface area contributed by atoms with Crippen molar-refractivity contribution in [1.29, 1.82) is 5.41 Å².